The zero-order valence-electron chi connectivity index (χ0n) is 14.4. The summed E-state index contributed by atoms with van der Waals surface area (Å²) in [7, 11) is 0. The first-order valence-electron chi connectivity index (χ1n) is 9.33. The topological polar surface area (TPSA) is 49.6 Å². The van der Waals surface area contributed by atoms with E-state index in [2.05, 4.69) is 12.2 Å². The number of rotatable bonds is 13. The van der Waals surface area contributed by atoms with E-state index >= 15 is 0 Å². The highest BCUT2D eigenvalue weighted by atomic mass is 16.7. The van der Waals surface area contributed by atoms with Crippen LogP contribution in [0.4, 0.5) is 4.79 Å². The van der Waals surface area contributed by atoms with Crippen LogP contribution >= 0.6 is 0 Å². The first-order valence-corrected chi connectivity index (χ1v) is 9.33. The molecule has 0 saturated carbocycles. The van der Waals surface area contributed by atoms with Crippen LogP contribution in [-0.2, 0) is 9.47 Å². The van der Waals surface area contributed by atoms with Crippen molar-refractivity contribution in [2.24, 2.45) is 0 Å². The van der Waals surface area contributed by atoms with Crippen LogP contribution < -0.4 is 5.32 Å². The molecule has 129 valence electrons. The maximum absolute atomic E-state index is 11.4. The second-order valence-corrected chi connectivity index (χ2v) is 6.25. The Morgan fingerprint density at radius 2 is 1.55 bits per heavy atom. The summed E-state index contributed by atoms with van der Waals surface area (Å²) in [6.07, 6.45) is 15.3. The number of nitrogens with zero attached hydrogens (tertiary/aromatic N) is 1. The number of hydrogen-bond donors (Lipinski definition) is 0. The van der Waals surface area contributed by atoms with Gasteiger partial charge in [-0.1, -0.05) is 71.1 Å². The molecule has 0 aromatic rings. The SMILES string of the molecule is CCCCCCCCCCCCCOC(=O)OC1CCC[N]1. The lowest BCUT2D eigenvalue weighted by Gasteiger charge is -2.10. The Morgan fingerprint density at radius 3 is 2.09 bits per heavy atom. The van der Waals surface area contributed by atoms with E-state index in [1.807, 2.05) is 0 Å². The van der Waals surface area contributed by atoms with Crippen LogP contribution in [0.1, 0.15) is 90.4 Å². The molecule has 0 spiro atoms. The molecule has 1 fully saturated rings. The maximum atomic E-state index is 11.4. The second-order valence-electron chi connectivity index (χ2n) is 6.25. The molecule has 0 aliphatic carbocycles. The van der Waals surface area contributed by atoms with Gasteiger partial charge < -0.3 is 9.47 Å². The predicted molar refractivity (Wildman–Crippen MR) is 88.9 cm³/mol. The van der Waals surface area contributed by atoms with Crippen molar-refractivity contribution in [2.45, 2.75) is 96.6 Å². The molecule has 0 amide bonds. The molecule has 1 atom stereocenters. The maximum Gasteiger partial charge on any atom is 0.509 e. The van der Waals surface area contributed by atoms with E-state index in [-0.39, 0.29) is 6.23 Å². The molecule has 1 heterocycles. The van der Waals surface area contributed by atoms with Crippen molar-refractivity contribution in [2.75, 3.05) is 13.2 Å². The summed E-state index contributed by atoms with van der Waals surface area (Å²) in [5.41, 5.74) is 0. The van der Waals surface area contributed by atoms with Crippen LogP contribution in [0.2, 0.25) is 0 Å². The van der Waals surface area contributed by atoms with Gasteiger partial charge in [-0.15, -0.1) is 0 Å². The quantitative estimate of drug-likeness (QED) is 0.348. The Hall–Kier alpha value is -0.770. The second kappa shape index (κ2) is 13.9. The molecule has 1 aliphatic heterocycles. The van der Waals surface area contributed by atoms with E-state index in [1.54, 1.807) is 0 Å². The first kappa shape index (κ1) is 19.3. The van der Waals surface area contributed by atoms with Crippen molar-refractivity contribution < 1.29 is 14.3 Å². The Kier molecular flexibility index (Phi) is 12.1. The molecule has 1 radical (unpaired) electrons. The van der Waals surface area contributed by atoms with Crippen molar-refractivity contribution in [3.8, 4) is 0 Å². The fourth-order valence-corrected chi connectivity index (χ4v) is 2.76. The van der Waals surface area contributed by atoms with Gasteiger partial charge in [0.1, 0.15) is 0 Å². The molecule has 22 heavy (non-hydrogen) atoms. The Bertz CT molecular complexity index is 265. The van der Waals surface area contributed by atoms with Crippen LogP contribution in [0.15, 0.2) is 0 Å². The van der Waals surface area contributed by atoms with E-state index in [1.165, 1.54) is 57.8 Å². The standard InChI is InChI=1S/C18H34NO3/c1-2-3-4-5-6-7-8-9-10-11-12-16-21-18(20)22-17-14-13-15-19-17/h17H,2-16H2,1H3. The number of unbranched alkanes of at least 4 members (excludes halogenated alkanes) is 10. The lowest BCUT2D eigenvalue weighted by molar-refractivity contribution is 0.0168. The minimum atomic E-state index is -0.553. The first-order chi connectivity index (χ1) is 10.8. The van der Waals surface area contributed by atoms with Crippen LogP contribution in [0.3, 0.4) is 0 Å². The number of ether oxygens (including phenoxy) is 2. The van der Waals surface area contributed by atoms with Crippen molar-refractivity contribution in [1.82, 2.24) is 5.32 Å². The molecular weight excluding hydrogens is 278 g/mol. The van der Waals surface area contributed by atoms with Gasteiger partial charge in [0.15, 0.2) is 6.23 Å². The molecule has 1 unspecified atom stereocenters. The smallest absolute Gasteiger partial charge is 0.434 e. The van der Waals surface area contributed by atoms with Crippen molar-refractivity contribution in [3.63, 3.8) is 0 Å². The fourth-order valence-electron chi connectivity index (χ4n) is 2.76. The fraction of sp³-hybridized carbons (Fsp3) is 0.944. The lowest BCUT2D eigenvalue weighted by atomic mass is 10.1. The van der Waals surface area contributed by atoms with Gasteiger partial charge in [-0.3, -0.25) is 0 Å². The van der Waals surface area contributed by atoms with Crippen molar-refractivity contribution in [3.05, 3.63) is 0 Å². The van der Waals surface area contributed by atoms with Gasteiger partial charge in [-0.05, 0) is 12.8 Å². The summed E-state index contributed by atoms with van der Waals surface area (Å²) in [6, 6.07) is 0. The van der Waals surface area contributed by atoms with E-state index in [4.69, 9.17) is 9.47 Å². The third-order valence-corrected chi connectivity index (χ3v) is 4.14. The summed E-state index contributed by atoms with van der Waals surface area (Å²) in [6.45, 7) is 3.53. The van der Waals surface area contributed by atoms with Crippen molar-refractivity contribution in [1.29, 1.82) is 0 Å². The molecule has 4 heteroatoms. The minimum absolute atomic E-state index is 0.259. The highest BCUT2D eigenvalue weighted by Crippen LogP contribution is 2.12. The zero-order valence-corrected chi connectivity index (χ0v) is 14.4. The van der Waals surface area contributed by atoms with Crippen LogP contribution in [0.5, 0.6) is 0 Å². The molecule has 0 aromatic carbocycles. The van der Waals surface area contributed by atoms with Crippen LogP contribution in [0, 0.1) is 0 Å². The predicted octanol–water partition coefficient (Wildman–Crippen LogP) is 5.17. The van der Waals surface area contributed by atoms with E-state index < -0.39 is 6.16 Å². The summed E-state index contributed by atoms with van der Waals surface area (Å²) in [5, 5.41) is 4.16. The molecule has 0 N–H and O–H groups in total. The van der Waals surface area contributed by atoms with Gasteiger partial charge in [0.25, 0.3) is 0 Å². The van der Waals surface area contributed by atoms with E-state index in [0.29, 0.717) is 6.61 Å². The van der Waals surface area contributed by atoms with Crippen LogP contribution in [0.25, 0.3) is 0 Å². The third-order valence-electron chi connectivity index (χ3n) is 4.14. The molecule has 1 aliphatic rings. The Labute approximate surface area is 136 Å². The number of carbonyl (C=O) groups is 1. The lowest BCUT2D eigenvalue weighted by Crippen LogP contribution is -2.23. The highest BCUT2D eigenvalue weighted by molar-refractivity contribution is 5.60. The van der Waals surface area contributed by atoms with Crippen LogP contribution in [-0.4, -0.2) is 25.5 Å². The zero-order chi connectivity index (χ0) is 15.9. The average molecular weight is 312 g/mol. The van der Waals surface area contributed by atoms with E-state index in [9.17, 15) is 4.79 Å². The van der Waals surface area contributed by atoms with Gasteiger partial charge >= 0.3 is 6.16 Å². The van der Waals surface area contributed by atoms with Gasteiger partial charge in [0, 0.05) is 13.0 Å². The molecular formula is C18H34NO3. The normalized spacial score (nSPS) is 17.6. The van der Waals surface area contributed by atoms with Gasteiger partial charge in [0.05, 0.1) is 6.61 Å². The summed E-state index contributed by atoms with van der Waals surface area (Å²) < 4.78 is 10.1. The number of carbonyl (C=O) groups excluding carboxylic acids is 1. The summed E-state index contributed by atoms with van der Waals surface area (Å²) >= 11 is 0. The summed E-state index contributed by atoms with van der Waals surface area (Å²) in [4.78, 5) is 11.4. The summed E-state index contributed by atoms with van der Waals surface area (Å²) in [5.74, 6) is 0. The number of hydrogen-bond acceptors (Lipinski definition) is 3. The van der Waals surface area contributed by atoms with E-state index in [0.717, 1.165) is 32.2 Å². The minimum Gasteiger partial charge on any atom is -0.434 e. The van der Waals surface area contributed by atoms with Gasteiger partial charge in [-0.2, -0.15) is 0 Å². The largest absolute Gasteiger partial charge is 0.509 e. The highest BCUT2D eigenvalue weighted by Gasteiger charge is 2.20. The molecule has 1 saturated heterocycles. The Morgan fingerprint density at radius 1 is 0.955 bits per heavy atom. The monoisotopic (exact) mass is 312 g/mol. The Balaban J connectivity index is 1.75. The molecule has 4 nitrogen and oxygen atoms in total. The molecule has 1 rings (SSSR count). The third kappa shape index (κ3) is 10.9. The van der Waals surface area contributed by atoms with Gasteiger partial charge in [0.2, 0.25) is 0 Å². The molecule has 0 bridgehead atoms. The van der Waals surface area contributed by atoms with Gasteiger partial charge in [-0.25, -0.2) is 10.1 Å². The molecule has 0 aromatic heterocycles. The van der Waals surface area contributed by atoms with Crippen molar-refractivity contribution >= 4 is 6.16 Å². The average Bonchev–Trinajstić information content (AvgIpc) is 3.01.